The number of cyclic esters (lactones) is 1. The van der Waals surface area contributed by atoms with E-state index in [-0.39, 0.29) is 74.8 Å². The number of hydrogen-bond acceptors (Lipinski definition) is 20. The van der Waals surface area contributed by atoms with Gasteiger partial charge < -0.3 is 58.0 Å². The van der Waals surface area contributed by atoms with E-state index < -0.39 is 125 Å². The fraction of sp³-hybridized carbons (Fsp3) is 0.661. The smallest absolute Gasteiger partial charge is 0.331 e. The second-order valence-corrected chi connectivity index (χ2v) is 23.0. The van der Waals surface area contributed by atoms with Gasteiger partial charge in [-0.25, -0.2) is 14.4 Å². The van der Waals surface area contributed by atoms with Crippen LogP contribution in [0.3, 0.4) is 0 Å². The van der Waals surface area contributed by atoms with Crippen molar-refractivity contribution >= 4 is 47.6 Å². The van der Waals surface area contributed by atoms with Gasteiger partial charge in [0.2, 0.25) is 5.79 Å². The minimum Gasteiger partial charge on any atom is -0.466 e. The molecule has 6 bridgehead atoms. The van der Waals surface area contributed by atoms with Crippen molar-refractivity contribution in [3.63, 3.8) is 0 Å². The third kappa shape index (κ3) is 16.0. The number of allylic oxidation sites excluding steroid dienone is 3. The molecular formula is C59H81NO20. The standard InChI is InChI=1S/C59H81NO20/c1-10-11-12-13-14-15-50(65)78-54-40(28-52(67)73-9)27-43-31-46(35(2)74-55(69)39-18-16-37(17-19-39)34-60-48(63)20-21-49(60)64)77-53(68)30-41(62)29-44-32-47(75-36(3)61)57(6,7)58(70,79-44)33-45-25-38(26-51(66)72-8)24-42(76-45)22-23-56(4,5)59(54,71)80-43/h12-15,20-23,26,28,35,37,39,41-47,54,62,70-71H,10-11,16-19,24-25,27,29-34H2,1-9H3/b13-12+,15-14+,23-22+,38-26+,40-28+/t35-,37?,39?,41-,42+,43+,44-,45+,46?,47+,54+,58+,59-/m1/s1. The maximum absolute atomic E-state index is 14.2. The van der Waals surface area contributed by atoms with Crippen molar-refractivity contribution in [3.8, 4) is 0 Å². The van der Waals surface area contributed by atoms with Gasteiger partial charge in [0.05, 0.1) is 62.5 Å². The molecule has 0 aromatic carbocycles. The molecule has 5 aliphatic heterocycles. The quantitative estimate of drug-likeness (QED) is 0.0508. The summed E-state index contributed by atoms with van der Waals surface area (Å²) < 4.78 is 53.9. The fourth-order valence-electron chi connectivity index (χ4n) is 11.4. The van der Waals surface area contributed by atoms with Gasteiger partial charge in [0.15, 0.2) is 11.9 Å². The largest absolute Gasteiger partial charge is 0.466 e. The first-order valence-electron chi connectivity index (χ1n) is 27.7. The first-order chi connectivity index (χ1) is 37.7. The lowest BCUT2D eigenvalue weighted by Crippen LogP contribution is -2.62. The first kappa shape index (κ1) is 63.3. The van der Waals surface area contributed by atoms with Crippen LogP contribution in [0.5, 0.6) is 0 Å². The molecule has 1 saturated carbocycles. The Hall–Kier alpha value is -5.84. The van der Waals surface area contributed by atoms with Gasteiger partial charge in [0, 0.05) is 74.9 Å². The summed E-state index contributed by atoms with van der Waals surface area (Å²) in [6.07, 6.45) is 5.72. The lowest BCUT2D eigenvalue weighted by molar-refractivity contribution is -0.348. The number of esters is 6. The molecule has 3 saturated heterocycles. The summed E-state index contributed by atoms with van der Waals surface area (Å²) in [5.74, 6) is -10.6. The number of imide groups is 1. The van der Waals surface area contributed by atoms with Gasteiger partial charge in [-0.15, -0.1) is 0 Å². The van der Waals surface area contributed by atoms with E-state index in [0.29, 0.717) is 31.3 Å². The van der Waals surface area contributed by atoms with Crippen molar-refractivity contribution in [2.45, 2.75) is 205 Å². The highest BCUT2D eigenvalue weighted by atomic mass is 16.7. The molecule has 21 heteroatoms. The number of aliphatic hydroxyl groups is 3. The van der Waals surface area contributed by atoms with Crippen molar-refractivity contribution in [1.82, 2.24) is 4.90 Å². The topological polar surface area (TPSA) is 284 Å². The van der Waals surface area contributed by atoms with Gasteiger partial charge in [-0.1, -0.05) is 77.0 Å². The summed E-state index contributed by atoms with van der Waals surface area (Å²) in [6.45, 7) is 11.5. The third-order valence-corrected chi connectivity index (χ3v) is 16.2. The second kappa shape index (κ2) is 27.3. The molecule has 11 atom stereocenters. The number of rotatable bonds is 13. The Labute approximate surface area is 467 Å². The normalized spacial score (nSPS) is 34.8. The van der Waals surface area contributed by atoms with Gasteiger partial charge in [-0.05, 0) is 69.8 Å². The molecule has 0 radical (unpaired) electrons. The van der Waals surface area contributed by atoms with Crippen LogP contribution in [0, 0.1) is 22.7 Å². The van der Waals surface area contributed by atoms with Crippen molar-refractivity contribution < 1.29 is 96.3 Å². The average molecular weight is 1120 g/mol. The van der Waals surface area contributed by atoms with Crippen LogP contribution < -0.4 is 0 Å². The van der Waals surface area contributed by atoms with Crippen molar-refractivity contribution in [1.29, 1.82) is 0 Å². The summed E-state index contributed by atoms with van der Waals surface area (Å²) in [6, 6.07) is 0. The average Bonchev–Trinajstić information content (AvgIpc) is 3.84. The third-order valence-electron chi connectivity index (χ3n) is 16.2. The number of aliphatic hydroxyl groups excluding tert-OH is 1. The Morgan fingerprint density at radius 1 is 0.812 bits per heavy atom. The summed E-state index contributed by atoms with van der Waals surface area (Å²) in [5, 5.41) is 37.6. The molecule has 0 spiro atoms. The molecule has 0 aromatic heterocycles. The Morgan fingerprint density at radius 3 is 2.14 bits per heavy atom. The highest BCUT2D eigenvalue weighted by molar-refractivity contribution is 6.12. The number of carbonyl (C=O) groups is 8. The van der Waals surface area contributed by atoms with E-state index in [0.717, 1.165) is 32.1 Å². The molecule has 6 aliphatic rings. The van der Waals surface area contributed by atoms with Gasteiger partial charge >= 0.3 is 35.8 Å². The molecule has 3 N–H and O–H groups in total. The van der Waals surface area contributed by atoms with Crippen LogP contribution >= 0.6 is 0 Å². The first-order valence-corrected chi connectivity index (χ1v) is 27.7. The van der Waals surface area contributed by atoms with Crippen LogP contribution in [0.25, 0.3) is 0 Å². The highest BCUT2D eigenvalue weighted by Crippen LogP contribution is 2.50. The van der Waals surface area contributed by atoms with Gasteiger partial charge in [0.25, 0.3) is 11.8 Å². The molecule has 5 heterocycles. The van der Waals surface area contributed by atoms with E-state index in [4.69, 9.17) is 42.6 Å². The number of ether oxygens (including phenoxy) is 9. The van der Waals surface area contributed by atoms with Crippen LogP contribution in [-0.4, -0.2) is 155 Å². The molecule has 4 fully saturated rings. The van der Waals surface area contributed by atoms with Crippen LogP contribution in [0.2, 0.25) is 0 Å². The predicted molar refractivity (Wildman–Crippen MR) is 284 cm³/mol. The Kier molecular flexibility index (Phi) is 21.6. The Morgan fingerprint density at radius 2 is 1.49 bits per heavy atom. The molecule has 21 nitrogen and oxygen atoms in total. The zero-order valence-electron chi connectivity index (χ0n) is 47.5. The summed E-state index contributed by atoms with van der Waals surface area (Å²) in [7, 11) is 2.38. The van der Waals surface area contributed by atoms with Crippen LogP contribution in [0.15, 0.2) is 71.9 Å². The number of unbranched alkanes of at least 4 members (excludes halogenated alkanes) is 1. The molecule has 1 aliphatic carbocycles. The monoisotopic (exact) mass is 1120 g/mol. The van der Waals surface area contributed by atoms with E-state index in [9.17, 15) is 53.7 Å². The maximum atomic E-state index is 14.2. The SMILES string of the molecule is CCC/C=C/C=C/C(=O)O[C@H]1/C(=C/C(=O)OC)C[C@H]2CC([C@@H](C)OC(=O)C3CCC(CN4C(=O)C=CC4=O)CC3)OC(=O)C[C@H](O)C[C@@H]3C[C@H](OC(C)=O)C(C)(C)[C@](O)(C[C@@H]4C/C(=C/C(=O)OC)C[C@H](/C=C/C(C)(C)[C@]1(O)O2)O4)O3. The van der Waals surface area contributed by atoms with Crippen LogP contribution in [0.4, 0.5) is 0 Å². The Balaban J connectivity index is 1.41. The van der Waals surface area contributed by atoms with E-state index in [2.05, 4.69) is 0 Å². The molecule has 2 amide bonds. The van der Waals surface area contributed by atoms with Crippen LogP contribution in [-0.2, 0) is 81.0 Å². The zero-order valence-corrected chi connectivity index (χ0v) is 47.5. The Bertz CT molecular complexity index is 2460. The molecule has 1 unspecified atom stereocenters. The second-order valence-electron chi connectivity index (χ2n) is 23.0. The molecule has 6 rings (SSSR count). The van der Waals surface area contributed by atoms with E-state index >= 15 is 0 Å². The lowest BCUT2D eigenvalue weighted by atomic mass is 9.70. The highest BCUT2D eigenvalue weighted by Gasteiger charge is 2.60. The number of nitrogens with zero attached hydrogens (tertiary/aromatic N) is 1. The zero-order chi connectivity index (χ0) is 58.7. The van der Waals surface area contributed by atoms with Crippen molar-refractivity contribution in [2.24, 2.45) is 22.7 Å². The molecule has 0 aromatic rings. The molecule has 80 heavy (non-hydrogen) atoms. The number of carbonyl (C=O) groups excluding carboxylic acids is 8. The van der Waals surface area contributed by atoms with Gasteiger partial charge in [-0.3, -0.25) is 28.9 Å². The predicted octanol–water partition coefficient (Wildman–Crippen LogP) is 5.56. The maximum Gasteiger partial charge on any atom is 0.331 e. The summed E-state index contributed by atoms with van der Waals surface area (Å²) in [5.41, 5.74) is -2.27. The lowest BCUT2D eigenvalue weighted by Gasteiger charge is -2.53. The molecule has 442 valence electrons. The number of hydrogen-bond donors (Lipinski definition) is 3. The van der Waals surface area contributed by atoms with E-state index in [1.165, 1.54) is 50.2 Å². The number of amides is 2. The van der Waals surface area contributed by atoms with Gasteiger partial charge in [-0.2, -0.15) is 0 Å². The van der Waals surface area contributed by atoms with E-state index in [1.54, 1.807) is 45.9 Å². The van der Waals surface area contributed by atoms with E-state index in [1.807, 2.05) is 13.0 Å². The summed E-state index contributed by atoms with van der Waals surface area (Å²) in [4.78, 5) is 106. The number of fused-ring (bicyclic) bond motifs is 6. The fourth-order valence-corrected chi connectivity index (χ4v) is 11.4. The minimum atomic E-state index is -2.56. The van der Waals surface area contributed by atoms with Gasteiger partial charge in [0.1, 0.15) is 18.3 Å². The summed E-state index contributed by atoms with van der Waals surface area (Å²) >= 11 is 0. The minimum absolute atomic E-state index is 0.0235. The van der Waals surface area contributed by atoms with Crippen molar-refractivity contribution in [3.05, 3.63) is 71.9 Å². The molecular weight excluding hydrogens is 1040 g/mol. The number of methoxy groups -OCH3 is 2. The van der Waals surface area contributed by atoms with Crippen LogP contribution in [0.1, 0.15) is 138 Å². The van der Waals surface area contributed by atoms with Crippen molar-refractivity contribution in [2.75, 3.05) is 20.8 Å².